The van der Waals surface area contributed by atoms with Crippen LogP contribution in [0.2, 0.25) is 5.02 Å². The summed E-state index contributed by atoms with van der Waals surface area (Å²) in [5.41, 5.74) is 1.01. The standard InChI is InChI=1S/C19H20ClNO3/c1-11(21-18(22)12-6-7-13(10-12)19(23)24)14-8-9-17(20)16-5-3-2-4-15(14)16/h2-5,8-9,11-13H,6-7,10H2,1H3,(H,21,22)(H,23,24)/t11?,12-,13+/m1/s1. The van der Waals surface area contributed by atoms with Gasteiger partial charge in [-0.1, -0.05) is 41.9 Å². The first-order chi connectivity index (χ1) is 11.5. The zero-order valence-corrected chi connectivity index (χ0v) is 14.2. The number of carbonyl (C=O) groups excluding carboxylic acids is 1. The van der Waals surface area contributed by atoms with E-state index in [1.165, 1.54) is 0 Å². The minimum absolute atomic E-state index is 0.0646. The molecule has 0 saturated heterocycles. The van der Waals surface area contributed by atoms with Gasteiger partial charge in [0.15, 0.2) is 0 Å². The van der Waals surface area contributed by atoms with E-state index in [1.807, 2.05) is 43.3 Å². The fourth-order valence-corrected chi connectivity index (χ4v) is 3.74. The average molecular weight is 346 g/mol. The van der Waals surface area contributed by atoms with Gasteiger partial charge < -0.3 is 10.4 Å². The van der Waals surface area contributed by atoms with Gasteiger partial charge in [-0.2, -0.15) is 0 Å². The summed E-state index contributed by atoms with van der Waals surface area (Å²) in [5.74, 6) is -1.48. The number of carbonyl (C=O) groups is 2. The molecule has 0 heterocycles. The number of amides is 1. The lowest BCUT2D eigenvalue weighted by Gasteiger charge is -2.19. The van der Waals surface area contributed by atoms with Crippen molar-refractivity contribution in [2.45, 2.75) is 32.2 Å². The Hall–Kier alpha value is -2.07. The van der Waals surface area contributed by atoms with Crippen LogP contribution in [0.15, 0.2) is 36.4 Å². The third-order valence-electron chi connectivity index (χ3n) is 4.88. The highest BCUT2D eigenvalue weighted by atomic mass is 35.5. The van der Waals surface area contributed by atoms with Gasteiger partial charge in [0.2, 0.25) is 5.91 Å². The molecule has 3 rings (SSSR count). The maximum absolute atomic E-state index is 12.5. The molecule has 2 aromatic rings. The van der Waals surface area contributed by atoms with E-state index in [9.17, 15) is 9.59 Å². The number of hydrogen-bond donors (Lipinski definition) is 2. The SMILES string of the molecule is CC(NC(=O)[C@@H]1CC[C@H](C(=O)O)C1)c1ccc(Cl)c2ccccc12. The zero-order valence-electron chi connectivity index (χ0n) is 13.5. The van der Waals surface area contributed by atoms with E-state index in [-0.39, 0.29) is 17.9 Å². The van der Waals surface area contributed by atoms with Gasteiger partial charge in [-0.3, -0.25) is 9.59 Å². The predicted octanol–water partition coefficient (Wildman–Crippen LogP) is 4.17. The van der Waals surface area contributed by atoms with Gasteiger partial charge in [0.1, 0.15) is 0 Å². The second-order valence-electron chi connectivity index (χ2n) is 6.46. The van der Waals surface area contributed by atoms with Gasteiger partial charge in [-0.05, 0) is 43.2 Å². The number of carboxylic acids is 1. The zero-order chi connectivity index (χ0) is 17.3. The average Bonchev–Trinajstić information content (AvgIpc) is 3.06. The van der Waals surface area contributed by atoms with Crippen LogP contribution in [0, 0.1) is 11.8 Å². The van der Waals surface area contributed by atoms with Crippen molar-refractivity contribution in [3.63, 3.8) is 0 Å². The largest absolute Gasteiger partial charge is 0.481 e. The molecule has 0 spiro atoms. The summed E-state index contributed by atoms with van der Waals surface area (Å²) in [6.45, 7) is 1.94. The van der Waals surface area contributed by atoms with E-state index < -0.39 is 11.9 Å². The maximum Gasteiger partial charge on any atom is 0.306 e. The van der Waals surface area contributed by atoms with Crippen LogP contribution in [0.25, 0.3) is 10.8 Å². The normalized spacial score (nSPS) is 21.6. The molecule has 0 aliphatic heterocycles. The molecule has 126 valence electrons. The van der Waals surface area contributed by atoms with Crippen LogP contribution in [0.1, 0.15) is 37.8 Å². The first-order valence-corrected chi connectivity index (χ1v) is 8.55. The number of rotatable bonds is 4. The van der Waals surface area contributed by atoms with Gasteiger partial charge >= 0.3 is 5.97 Å². The summed E-state index contributed by atoms with van der Waals surface area (Å²) in [5, 5.41) is 14.8. The van der Waals surface area contributed by atoms with Crippen LogP contribution in [0.3, 0.4) is 0 Å². The molecule has 0 radical (unpaired) electrons. The van der Waals surface area contributed by atoms with Gasteiger partial charge in [-0.25, -0.2) is 0 Å². The highest BCUT2D eigenvalue weighted by Gasteiger charge is 2.34. The summed E-state index contributed by atoms with van der Waals surface area (Å²) in [4.78, 5) is 23.5. The highest BCUT2D eigenvalue weighted by molar-refractivity contribution is 6.35. The molecule has 1 aliphatic carbocycles. The number of halogens is 1. The summed E-state index contributed by atoms with van der Waals surface area (Å²) in [7, 11) is 0. The van der Waals surface area contributed by atoms with Crippen molar-refractivity contribution < 1.29 is 14.7 Å². The summed E-state index contributed by atoms with van der Waals surface area (Å²) in [6, 6.07) is 11.5. The Morgan fingerprint density at radius 3 is 2.46 bits per heavy atom. The minimum atomic E-state index is -0.804. The quantitative estimate of drug-likeness (QED) is 0.873. The lowest BCUT2D eigenvalue weighted by Crippen LogP contribution is -2.32. The molecule has 1 saturated carbocycles. The number of fused-ring (bicyclic) bond motifs is 1. The molecule has 1 unspecified atom stereocenters. The Kier molecular flexibility index (Phi) is 4.76. The monoisotopic (exact) mass is 345 g/mol. The fourth-order valence-electron chi connectivity index (χ4n) is 3.52. The predicted molar refractivity (Wildman–Crippen MR) is 94.0 cm³/mol. The fraction of sp³-hybridized carbons (Fsp3) is 0.368. The van der Waals surface area contributed by atoms with Crippen molar-refractivity contribution in [1.82, 2.24) is 5.32 Å². The van der Waals surface area contributed by atoms with E-state index in [1.54, 1.807) is 0 Å². The number of nitrogens with one attached hydrogen (secondary N) is 1. The number of benzene rings is 2. The van der Waals surface area contributed by atoms with Gasteiger partial charge in [0.25, 0.3) is 0 Å². The Bertz CT molecular complexity index is 789. The first-order valence-electron chi connectivity index (χ1n) is 8.17. The maximum atomic E-state index is 12.5. The van der Waals surface area contributed by atoms with Crippen molar-refractivity contribution in [2.75, 3.05) is 0 Å². The highest BCUT2D eigenvalue weighted by Crippen LogP contribution is 2.33. The molecule has 1 aliphatic rings. The second kappa shape index (κ2) is 6.81. The van der Waals surface area contributed by atoms with Crippen LogP contribution in [-0.4, -0.2) is 17.0 Å². The molecule has 1 fully saturated rings. The van der Waals surface area contributed by atoms with Crippen LogP contribution in [-0.2, 0) is 9.59 Å². The van der Waals surface area contributed by atoms with E-state index in [0.29, 0.717) is 24.3 Å². The van der Waals surface area contributed by atoms with E-state index >= 15 is 0 Å². The number of hydrogen-bond acceptors (Lipinski definition) is 2. The van der Waals surface area contributed by atoms with E-state index in [2.05, 4.69) is 5.32 Å². The van der Waals surface area contributed by atoms with Crippen LogP contribution >= 0.6 is 11.6 Å². The smallest absolute Gasteiger partial charge is 0.306 e. The van der Waals surface area contributed by atoms with Crippen molar-refractivity contribution in [1.29, 1.82) is 0 Å². The molecule has 24 heavy (non-hydrogen) atoms. The molecule has 0 bridgehead atoms. The second-order valence-corrected chi connectivity index (χ2v) is 6.86. The van der Waals surface area contributed by atoms with Crippen LogP contribution < -0.4 is 5.32 Å². The van der Waals surface area contributed by atoms with E-state index in [4.69, 9.17) is 16.7 Å². The van der Waals surface area contributed by atoms with Crippen LogP contribution in [0.4, 0.5) is 0 Å². The lowest BCUT2D eigenvalue weighted by molar-refractivity contribution is -0.141. The summed E-state index contributed by atoms with van der Waals surface area (Å²) in [6.07, 6.45) is 1.64. The minimum Gasteiger partial charge on any atom is -0.481 e. The van der Waals surface area contributed by atoms with Gasteiger partial charge in [-0.15, -0.1) is 0 Å². The summed E-state index contributed by atoms with van der Waals surface area (Å²) < 4.78 is 0. The molecule has 0 aromatic heterocycles. The van der Waals surface area contributed by atoms with Crippen molar-refractivity contribution in [3.05, 3.63) is 47.0 Å². The molecule has 1 amide bonds. The van der Waals surface area contributed by atoms with Crippen molar-refractivity contribution in [3.8, 4) is 0 Å². The Labute approximate surface area is 145 Å². The Morgan fingerprint density at radius 1 is 1.12 bits per heavy atom. The lowest BCUT2D eigenvalue weighted by atomic mass is 9.98. The van der Waals surface area contributed by atoms with Crippen LogP contribution in [0.5, 0.6) is 0 Å². The van der Waals surface area contributed by atoms with Crippen molar-refractivity contribution in [2.24, 2.45) is 11.8 Å². The Morgan fingerprint density at radius 2 is 1.79 bits per heavy atom. The van der Waals surface area contributed by atoms with Gasteiger partial charge in [0, 0.05) is 16.3 Å². The molecular formula is C19H20ClNO3. The molecule has 5 heteroatoms. The van der Waals surface area contributed by atoms with Gasteiger partial charge in [0.05, 0.1) is 12.0 Å². The number of aliphatic carboxylic acids is 1. The first kappa shape index (κ1) is 16.8. The topological polar surface area (TPSA) is 66.4 Å². The summed E-state index contributed by atoms with van der Waals surface area (Å²) >= 11 is 6.25. The third-order valence-corrected chi connectivity index (χ3v) is 5.21. The molecule has 4 nitrogen and oxygen atoms in total. The molecule has 2 aromatic carbocycles. The van der Waals surface area contributed by atoms with E-state index in [0.717, 1.165) is 16.3 Å². The molecule has 2 N–H and O–H groups in total. The number of carboxylic acid groups (broad SMARTS) is 1. The third kappa shape index (κ3) is 3.24. The molecular weight excluding hydrogens is 326 g/mol. The van der Waals surface area contributed by atoms with Crippen molar-refractivity contribution >= 4 is 34.2 Å². The molecule has 3 atom stereocenters. The Balaban J connectivity index is 1.76.